The summed E-state index contributed by atoms with van der Waals surface area (Å²) >= 11 is 6.75. The summed E-state index contributed by atoms with van der Waals surface area (Å²) in [5, 5.41) is 13.8. The predicted molar refractivity (Wildman–Crippen MR) is 296 cm³/mol. The molecule has 16 nitrogen and oxygen atoms in total. The fraction of sp³-hybridized carbons (Fsp3) is 0.466. The zero-order valence-corrected chi connectivity index (χ0v) is 45.3. The number of carbonyl (C=O) groups excluding carboxylic acids is 2. The monoisotopic (exact) mass is 1040 g/mol. The minimum atomic E-state index is -0.604. The Morgan fingerprint density at radius 2 is 1.69 bits per heavy atom. The van der Waals surface area contributed by atoms with Crippen LogP contribution in [0.1, 0.15) is 95.6 Å². The first-order valence-electron chi connectivity index (χ1n) is 26.4. The molecule has 4 aromatic heterocycles. The minimum absolute atomic E-state index is 0.0342. The summed E-state index contributed by atoms with van der Waals surface area (Å²) in [4.78, 5) is 65.7. The first-order valence-corrected chi connectivity index (χ1v) is 26.7. The van der Waals surface area contributed by atoms with Crippen molar-refractivity contribution in [2.45, 2.75) is 110 Å². The number of nitrogens with zero attached hydrogens (tertiary/aromatic N) is 11. The molecule has 1 atom stereocenters. The van der Waals surface area contributed by atoms with Crippen LogP contribution in [0.3, 0.4) is 0 Å². The molecule has 10 rings (SSSR count). The van der Waals surface area contributed by atoms with Gasteiger partial charge in [0.05, 0.1) is 49.4 Å². The third-order valence-corrected chi connectivity index (χ3v) is 15.2. The van der Waals surface area contributed by atoms with E-state index in [1.165, 1.54) is 25.9 Å². The van der Waals surface area contributed by atoms with Gasteiger partial charge in [0.15, 0.2) is 0 Å². The van der Waals surface area contributed by atoms with Gasteiger partial charge in [-0.25, -0.2) is 9.78 Å². The van der Waals surface area contributed by atoms with Crippen LogP contribution in [0, 0.1) is 11.3 Å². The van der Waals surface area contributed by atoms with Crippen molar-refractivity contribution in [3.63, 3.8) is 0 Å². The van der Waals surface area contributed by atoms with E-state index in [9.17, 15) is 19.6 Å². The molecular weight excluding hydrogens is 966 g/mol. The average molecular weight is 1040 g/mol. The third kappa shape index (κ3) is 11.5. The van der Waals surface area contributed by atoms with E-state index in [0.29, 0.717) is 74.8 Å². The van der Waals surface area contributed by atoms with Gasteiger partial charge >= 0.3 is 12.1 Å². The highest BCUT2D eigenvalue weighted by Crippen LogP contribution is 2.39. The van der Waals surface area contributed by atoms with Crippen LogP contribution in [-0.4, -0.2) is 129 Å². The lowest BCUT2D eigenvalue weighted by Gasteiger charge is -2.42. The molecule has 0 spiro atoms. The van der Waals surface area contributed by atoms with Gasteiger partial charge in [0.2, 0.25) is 0 Å². The average Bonchev–Trinajstić information content (AvgIpc) is 4.04. The van der Waals surface area contributed by atoms with E-state index >= 15 is 0 Å². The van der Waals surface area contributed by atoms with Gasteiger partial charge in [0.1, 0.15) is 17.1 Å². The number of pyridine rings is 2. The summed E-state index contributed by atoms with van der Waals surface area (Å²) in [5.41, 5.74) is 6.08. The van der Waals surface area contributed by atoms with Crippen LogP contribution < -0.4 is 20.1 Å². The van der Waals surface area contributed by atoms with Crippen LogP contribution in [0.4, 0.5) is 16.3 Å². The Bertz CT molecular complexity index is 3190. The summed E-state index contributed by atoms with van der Waals surface area (Å²) in [7, 11) is 3.74. The van der Waals surface area contributed by atoms with Crippen LogP contribution in [0.2, 0.25) is 5.02 Å². The number of carbonyl (C=O) groups is 2. The maximum atomic E-state index is 14.8. The van der Waals surface area contributed by atoms with E-state index in [2.05, 4.69) is 63.2 Å². The second-order valence-electron chi connectivity index (χ2n) is 21.6. The van der Waals surface area contributed by atoms with Crippen LogP contribution in [0.25, 0.3) is 32.9 Å². The number of hydrogen-bond donors (Lipinski definition) is 0. The molecule has 4 aliphatic heterocycles. The molecule has 0 saturated carbocycles. The topological polar surface area (TPSA) is 158 Å². The number of methoxy groups -OCH3 is 1. The van der Waals surface area contributed by atoms with Crippen LogP contribution in [0.15, 0.2) is 90.0 Å². The lowest BCUT2D eigenvalue weighted by Crippen LogP contribution is -2.56. The third-order valence-electron chi connectivity index (χ3n) is 14.9. The van der Waals surface area contributed by atoms with Crippen molar-refractivity contribution in [3.8, 4) is 23.2 Å². The molecular formula is C58H70ClN11O5. The second kappa shape index (κ2) is 22.5. The number of benzene rings is 2. The highest BCUT2D eigenvalue weighted by Gasteiger charge is 2.36. The zero-order chi connectivity index (χ0) is 53.1. The molecule has 0 bridgehead atoms. The smallest absolute Gasteiger partial charge is 0.410 e. The van der Waals surface area contributed by atoms with E-state index in [1.54, 1.807) is 33.7 Å². The lowest BCUT2D eigenvalue weighted by atomic mass is 9.93. The van der Waals surface area contributed by atoms with E-state index in [4.69, 9.17) is 36.0 Å². The molecule has 3 fully saturated rings. The largest absolute Gasteiger partial charge is 0.467 e. The van der Waals surface area contributed by atoms with Crippen LogP contribution in [0.5, 0.6) is 6.01 Å². The predicted octanol–water partition coefficient (Wildman–Crippen LogP) is 9.63. The number of rotatable bonds is 10. The lowest BCUT2D eigenvalue weighted by molar-refractivity contribution is -0.130. The molecule has 17 heteroatoms. The summed E-state index contributed by atoms with van der Waals surface area (Å²) < 4.78 is 15.2. The summed E-state index contributed by atoms with van der Waals surface area (Å²) in [6, 6.07) is 21.8. The minimum Gasteiger partial charge on any atom is -0.467 e. The Balaban J connectivity index is 0.00000107. The fourth-order valence-corrected chi connectivity index (χ4v) is 11.4. The molecule has 1 unspecified atom stereocenters. The number of ether oxygens (including phenoxy) is 2. The van der Waals surface area contributed by atoms with Crippen molar-refractivity contribution in [3.05, 3.63) is 118 Å². The first kappa shape index (κ1) is 52.9. The number of hydrogen-bond acceptors (Lipinski definition) is 12. The van der Waals surface area contributed by atoms with Gasteiger partial charge in [-0.15, -0.1) is 0 Å². The SMILES string of the molecule is C=C(Cn1c(C2CCN(C(=O)OC(C)(C)C)CC2)cc2c(-c3ccc(=O)n(C(C)C)c3)ccnc21)C(=O)N1CCN(c2nc(OC)nc3c2CCN(c2cccc4cccc(Cl)c24)C3)CC1CC#N.CN1CCCC1. The van der Waals surface area contributed by atoms with Gasteiger partial charge in [-0.3, -0.25) is 9.59 Å². The molecule has 0 radical (unpaired) electrons. The highest BCUT2D eigenvalue weighted by atomic mass is 35.5. The Morgan fingerprint density at radius 1 is 0.947 bits per heavy atom. The van der Waals surface area contributed by atoms with Crippen molar-refractivity contribution in [1.82, 2.24) is 38.8 Å². The zero-order valence-electron chi connectivity index (χ0n) is 44.5. The maximum Gasteiger partial charge on any atom is 0.410 e. The van der Waals surface area contributed by atoms with Crippen LogP contribution in [-0.2, 0) is 29.0 Å². The Morgan fingerprint density at radius 3 is 2.37 bits per heavy atom. The van der Waals surface area contributed by atoms with Crippen molar-refractivity contribution in [1.29, 1.82) is 5.26 Å². The molecule has 0 N–H and O–H groups in total. The number of likely N-dealkylation sites (tertiary alicyclic amines) is 2. The number of nitriles is 1. The van der Waals surface area contributed by atoms with Crippen molar-refractivity contribution >= 4 is 56.9 Å². The van der Waals surface area contributed by atoms with Crippen molar-refractivity contribution < 1.29 is 19.1 Å². The standard InChI is InChI=1S/C53H59ClN10O5.C5H11N/c1-33(2)63-30-37(14-15-46(63)65)39-17-22-56-48-41(39)28-45(35-18-23-59(24-19-35)52(67)69-53(4,5)6)64(48)29-34(3)50(66)62-27-26-61(31-38(62)16-21-55)49-40-20-25-60(32-43(40)57-51(58-49)68-7)44-13-9-11-36-10-8-12-42(54)47(36)44;1-6-4-2-3-5-6/h8-15,17,22,28,30,33,35,38H,3,16,18-20,23-27,29,31-32H2,1-2,4-7H3;2-5H2,1H3. The Hall–Kier alpha value is -6.96. The molecule has 3 saturated heterocycles. The quantitative estimate of drug-likeness (QED) is 0.120. The van der Waals surface area contributed by atoms with Gasteiger partial charge < -0.3 is 43.1 Å². The van der Waals surface area contributed by atoms with Gasteiger partial charge in [0.25, 0.3) is 11.5 Å². The molecule has 4 aliphatic rings. The molecule has 6 aromatic rings. The van der Waals surface area contributed by atoms with E-state index in [0.717, 1.165) is 62.3 Å². The normalized spacial score (nSPS) is 17.5. The molecule has 394 valence electrons. The van der Waals surface area contributed by atoms with E-state index in [-0.39, 0.29) is 48.5 Å². The number of amides is 2. The van der Waals surface area contributed by atoms with Gasteiger partial charge in [0, 0.05) is 103 Å². The van der Waals surface area contributed by atoms with Gasteiger partial charge in [-0.1, -0.05) is 42.4 Å². The number of aromatic nitrogens is 5. The Labute approximate surface area is 445 Å². The summed E-state index contributed by atoms with van der Waals surface area (Å²) in [6.07, 6.45) is 8.31. The van der Waals surface area contributed by atoms with Gasteiger partial charge in [-0.2, -0.15) is 15.2 Å². The molecule has 2 amide bonds. The fourth-order valence-electron chi connectivity index (χ4n) is 11.1. The van der Waals surface area contributed by atoms with Gasteiger partial charge in [-0.05, 0) is 134 Å². The van der Waals surface area contributed by atoms with Crippen LogP contribution >= 0.6 is 11.6 Å². The molecule has 2 aromatic carbocycles. The number of halogens is 1. The molecule has 0 aliphatic carbocycles. The maximum absolute atomic E-state index is 14.8. The first-order chi connectivity index (χ1) is 36.0. The number of piperazine rings is 1. The summed E-state index contributed by atoms with van der Waals surface area (Å²) in [5.74, 6) is 0.573. The Kier molecular flexibility index (Phi) is 15.9. The number of fused-ring (bicyclic) bond motifs is 3. The summed E-state index contributed by atoms with van der Waals surface area (Å²) in [6.45, 7) is 20.3. The van der Waals surface area contributed by atoms with E-state index < -0.39 is 11.6 Å². The highest BCUT2D eigenvalue weighted by molar-refractivity contribution is 6.36. The second-order valence-corrected chi connectivity index (χ2v) is 22.0. The molecule has 8 heterocycles. The van der Waals surface area contributed by atoms with Crippen molar-refractivity contribution in [2.75, 3.05) is 76.3 Å². The molecule has 75 heavy (non-hydrogen) atoms. The van der Waals surface area contributed by atoms with Crippen molar-refractivity contribution in [2.24, 2.45) is 0 Å². The number of piperidine rings is 1. The van der Waals surface area contributed by atoms with E-state index in [1.807, 2.05) is 71.1 Å². The number of anilines is 2.